The molecule has 1 aliphatic heterocycles. The highest BCUT2D eigenvalue weighted by Gasteiger charge is 2.26. The quantitative estimate of drug-likeness (QED) is 0.420. The molecule has 1 fully saturated rings. The molecule has 0 aliphatic carbocycles. The zero-order valence-corrected chi connectivity index (χ0v) is 18.9. The third-order valence-corrected chi connectivity index (χ3v) is 6.25. The normalized spacial score (nSPS) is 14.4. The molecule has 5 rings (SSSR count). The van der Waals surface area contributed by atoms with Crippen molar-refractivity contribution < 1.29 is 4.79 Å². The summed E-state index contributed by atoms with van der Waals surface area (Å²) >= 11 is 5.90. The fourth-order valence-electron chi connectivity index (χ4n) is 4.28. The fourth-order valence-corrected chi connectivity index (χ4v) is 4.37. The largest absolute Gasteiger partial charge is 0.341 e. The van der Waals surface area contributed by atoms with Crippen LogP contribution in [0.15, 0.2) is 79.1 Å². The van der Waals surface area contributed by atoms with Crippen LogP contribution in [0, 0.1) is 0 Å². The average Bonchev–Trinajstić information content (AvgIpc) is 3.29. The predicted octanol–water partition coefficient (Wildman–Crippen LogP) is 5.07. The summed E-state index contributed by atoms with van der Waals surface area (Å²) in [5.41, 5.74) is 3.87. The monoisotopic (exact) mass is 457 g/mol. The Bertz CT molecular complexity index is 1220. The molecule has 0 radical (unpaired) electrons. The van der Waals surface area contributed by atoms with Crippen molar-refractivity contribution in [2.75, 3.05) is 13.1 Å². The van der Waals surface area contributed by atoms with Gasteiger partial charge in [0.1, 0.15) is 12.4 Å². The van der Waals surface area contributed by atoms with Crippen molar-refractivity contribution in [3.63, 3.8) is 0 Å². The SMILES string of the molecule is O=C(Cn1nc(-c2ccccc2)cc1-c1ccccc1)N1CCC(c2ncc(Cl)cn2)CC1. The van der Waals surface area contributed by atoms with Gasteiger partial charge in [0.05, 0.1) is 16.4 Å². The van der Waals surface area contributed by atoms with E-state index >= 15 is 0 Å². The van der Waals surface area contributed by atoms with Gasteiger partial charge < -0.3 is 4.90 Å². The maximum Gasteiger partial charge on any atom is 0.244 e. The van der Waals surface area contributed by atoms with E-state index in [1.165, 1.54) is 0 Å². The van der Waals surface area contributed by atoms with E-state index in [4.69, 9.17) is 16.7 Å². The van der Waals surface area contributed by atoms with Gasteiger partial charge in [0.2, 0.25) is 5.91 Å². The van der Waals surface area contributed by atoms with Gasteiger partial charge in [-0.1, -0.05) is 72.3 Å². The number of likely N-dealkylation sites (tertiary alicyclic amines) is 1. The molecule has 0 atom stereocenters. The highest BCUT2D eigenvalue weighted by Crippen LogP contribution is 2.28. The first-order valence-electron chi connectivity index (χ1n) is 11.1. The van der Waals surface area contributed by atoms with Crippen molar-refractivity contribution in [3.05, 3.63) is 90.0 Å². The van der Waals surface area contributed by atoms with Crippen LogP contribution in [0.3, 0.4) is 0 Å². The molecule has 33 heavy (non-hydrogen) atoms. The maximum absolute atomic E-state index is 13.2. The second kappa shape index (κ2) is 9.55. The Balaban J connectivity index is 1.33. The molecule has 166 valence electrons. The number of piperidine rings is 1. The van der Waals surface area contributed by atoms with E-state index in [9.17, 15) is 4.79 Å². The van der Waals surface area contributed by atoms with Crippen molar-refractivity contribution in [2.24, 2.45) is 0 Å². The van der Waals surface area contributed by atoms with Gasteiger partial charge in [-0.25, -0.2) is 9.97 Å². The topological polar surface area (TPSA) is 63.9 Å². The molecule has 0 N–H and O–H groups in total. The number of amides is 1. The third-order valence-electron chi connectivity index (χ3n) is 6.06. The van der Waals surface area contributed by atoms with Crippen molar-refractivity contribution >= 4 is 17.5 Å². The highest BCUT2D eigenvalue weighted by molar-refractivity contribution is 6.30. The van der Waals surface area contributed by atoms with E-state index in [1.807, 2.05) is 70.2 Å². The molecule has 0 saturated carbocycles. The van der Waals surface area contributed by atoms with E-state index in [-0.39, 0.29) is 18.4 Å². The van der Waals surface area contributed by atoms with E-state index in [0.717, 1.165) is 41.2 Å². The van der Waals surface area contributed by atoms with Gasteiger partial charge >= 0.3 is 0 Å². The van der Waals surface area contributed by atoms with Crippen LogP contribution in [0.5, 0.6) is 0 Å². The van der Waals surface area contributed by atoms with Crippen molar-refractivity contribution in [3.8, 4) is 22.5 Å². The van der Waals surface area contributed by atoms with Gasteiger partial charge in [-0.05, 0) is 24.5 Å². The summed E-state index contributed by atoms with van der Waals surface area (Å²) in [6, 6.07) is 22.2. The molecular formula is C26H24ClN5O. The van der Waals surface area contributed by atoms with Crippen LogP contribution in [0.4, 0.5) is 0 Å². The lowest BCUT2D eigenvalue weighted by atomic mass is 9.96. The number of halogens is 1. The number of carbonyl (C=O) groups is 1. The van der Waals surface area contributed by atoms with Crippen LogP contribution in [0.2, 0.25) is 5.02 Å². The second-order valence-corrected chi connectivity index (χ2v) is 8.66. The molecule has 1 saturated heterocycles. The van der Waals surface area contributed by atoms with E-state index in [2.05, 4.69) is 16.0 Å². The molecule has 0 spiro atoms. The van der Waals surface area contributed by atoms with Gasteiger partial charge in [-0.3, -0.25) is 9.48 Å². The van der Waals surface area contributed by atoms with Gasteiger partial charge in [0.15, 0.2) is 0 Å². The second-order valence-electron chi connectivity index (χ2n) is 8.22. The van der Waals surface area contributed by atoms with Crippen molar-refractivity contribution in [2.45, 2.75) is 25.3 Å². The lowest BCUT2D eigenvalue weighted by molar-refractivity contribution is -0.133. The van der Waals surface area contributed by atoms with Gasteiger partial charge in [0, 0.05) is 37.0 Å². The summed E-state index contributed by atoms with van der Waals surface area (Å²) in [6.07, 6.45) is 4.95. The fraction of sp³-hybridized carbons (Fsp3) is 0.231. The molecule has 2 aromatic heterocycles. The third kappa shape index (κ3) is 4.81. The smallest absolute Gasteiger partial charge is 0.244 e. The predicted molar refractivity (Wildman–Crippen MR) is 129 cm³/mol. The summed E-state index contributed by atoms with van der Waals surface area (Å²) in [5.74, 6) is 1.13. The summed E-state index contributed by atoms with van der Waals surface area (Å²) in [5, 5.41) is 5.34. The lowest BCUT2D eigenvalue weighted by Crippen LogP contribution is -2.40. The zero-order chi connectivity index (χ0) is 22.6. The molecular weight excluding hydrogens is 434 g/mol. The first-order valence-corrected chi connectivity index (χ1v) is 11.5. The van der Waals surface area contributed by atoms with Crippen LogP contribution in [-0.2, 0) is 11.3 Å². The van der Waals surface area contributed by atoms with Crippen molar-refractivity contribution in [1.82, 2.24) is 24.6 Å². The Kier molecular flexibility index (Phi) is 6.17. The zero-order valence-electron chi connectivity index (χ0n) is 18.1. The van der Waals surface area contributed by atoms with Crippen LogP contribution >= 0.6 is 11.6 Å². The Morgan fingerprint density at radius 3 is 2.15 bits per heavy atom. The van der Waals surface area contributed by atoms with Crippen LogP contribution in [0.1, 0.15) is 24.6 Å². The number of nitrogens with zero attached hydrogens (tertiary/aromatic N) is 5. The lowest BCUT2D eigenvalue weighted by Gasteiger charge is -2.31. The van der Waals surface area contributed by atoms with Crippen LogP contribution in [-0.4, -0.2) is 43.6 Å². The number of benzene rings is 2. The molecule has 6 nitrogen and oxygen atoms in total. The summed E-state index contributed by atoms with van der Waals surface area (Å²) in [7, 11) is 0. The molecule has 7 heteroatoms. The molecule has 2 aromatic carbocycles. The van der Waals surface area contributed by atoms with Crippen LogP contribution in [0.25, 0.3) is 22.5 Å². The van der Waals surface area contributed by atoms with E-state index in [0.29, 0.717) is 18.1 Å². The molecule has 4 aromatic rings. The maximum atomic E-state index is 13.2. The Morgan fingerprint density at radius 2 is 1.52 bits per heavy atom. The number of rotatable bonds is 5. The summed E-state index contributed by atoms with van der Waals surface area (Å²) in [4.78, 5) is 23.8. The van der Waals surface area contributed by atoms with Crippen LogP contribution < -0.4 is 0 Å². The van der Waals surface area contributed by atoms with E-state index < -0.39 is 0 Å². The molecule has 0 unspecified atom stereocenters. The van der Waals surface area contributed by atoms with Gasteiger partial charge in [-0.2, -0.15) is 5.10 Å². The van der Waals surface area contributed by atoms with Gasteiger partial charge in [-0.15, -0.1) is 0 Å². The molecule has 0 bridgehead atoms. The average molecular weight is 458 g/mol. The minimum absolute atomic E-state index is 0.0744. The first-order chi connectivity index (χ1) is 16.2. The number of hydrogen-bond donors (Lipinski definition) is 0. The molecule has 3 heterocycles. The number of hydrogen-bond acceptors (Lipinski definition) is 4. The Hall–Kier alpha value is -3.51. The number of carbonyl (C=O) groups excluding carboxylic acids is 1. The minimum Gasteiger partial charge on any atom is -0.341 e. The standard InChI is InChI=1S/C26H24ClN5O/c27-22-16-28-26(29-17-22)21-11-13-31(14-12-21)25(33)18-32-24(20-9-5-2-6-10-20)15-23(30-32)19-7-3-1-4-8-19/h1-10,15-17,21H,11-14,18H2. The molecule has 1 amide bonds. The van der Waals surface area contributed by atoms with Gasteiger partial charge in [0.25, 0.3) is 0 Å². The summed E-state index contributed by atoms with van der Waals surface area (Å²) < 4.78 is 1.83. The minimum atomic E-state index is 0.0744. The van der Waals surface area contributed by atoms with Crippen molar-refractivity contribution in [1.29, 1.82) is 0 Å². The Labute approximate surface area is 197 Å². The highest BCUT2D eigenvalue weighted by atomic mass is 35.5. The molecule has 1 aliphatic rings. The first kappa shape index (κ1) is 21.3. The number of aromatic nitrogens is 4. The summed E-state index contributed by atoms with van der Waals surface area (Å²) in [6.45, 7) is 1.57. The Morgan fingerprint density at radius 1 is 0.909 bits per heavy atom. The van der Waals surface area contributed by atoms with E-state index in [1.54, 1.807) is 12.4 Å².